The number of aromatic nitrogens is 1. The first kappa shape index (κ1) is 12.1. The van der Waals surface area contributed by atoms with E-state index in [0.29, 0.717) is 5.13 Å². The number of nitrogens with two attached hydrogens (primary N) is 1. The van der Waals surface area contributed by atoms with Crippen LogP contribution in [0.3, 0.4) is 0 Å². The molecule has 0 bridgehead atoms. The predicted molar refractivity (Wildman–Crippen MR) is 62.9 cm³/mol. The normalized spacial score (nSPS) is 14.7. The number of carbonyl (C=O) groups excluding carboxylic acids is 1. The number of hydrogen-bond donors (Lipinski definition) is 2. The first-order chi connectivity index (χ1) is 7.04. The fourth-order valence-corrected chi connectivity index (χ4v) is 1.78. The second-order valence-corrected chi connectivity index (χ2v) is 4.91. The number of aryl methyl sites for hydroxylation is 1. The third kappa shape index (κ3) is 3.28. The number of hydrogen-bond acceptors (Lipinski definition) is 4. The van der Waals surface area contributed by atoms with Crippen molar-refractivity contribution in [3.8, 4) is 0 Å². The number of nitrogens with one attached hydrogen (secondary N) is 1. The van der Waals surface area contributed by atoms with Gasteiger partial charge in [0.1, 0.15) is 0 Å². The molecule has 2 atom stereocenters. The van der Waals surface area contributed by atoms with Crippen molar-refractivity contribution in [2.45, 2.75) is 33.2 Å². The fourth-order valence-electron chi connectivity index (χ4n) is 1.11. The lowest BCUT2D eigenvalue weighted by Gasteiger charge is -2.16. The Bertz CT molecular complexity index is 337. The van der Waals surface area contributed by atoms with E-state index in [0.717, 1.165) is 11.3 Å². The minimum Gasteiger partial charge on any atom is -0.320 e. The topological polar surface area (TPSA) is 68.0 Å². The molecule has 15 heavy (non-hydrogen) atoms. The van der Waals surface area contributed by atoms with Crippen LogP contribution < -0.4 is 11.1 Å². The number of amides is 1. The highest BCUT2D eigenvalue weighted by Crippen LogP contribution is 2.17. The summed E-state index contributed by atoms with van der Waals surface area (Å²) in [7, 11) is 0. The molecule has 3 N–H and O–H groups in total. The molecular formula is C10H17N3OS. The number of rotatable bonds is 4. The van der Waals surface area contributed by atoms with Gasteiger partial charge < -0.3 is 11.1 Å². The molecule has 1 unspecified atom stereocenters. The number of nitrogens with zero attached hydrogens (tertiary/aromatic N) is 1. The lowest BCUT2D eigenvalue weighted by molar-refractivity contribution is -0.118. The van der Waals surface area contributed by atoms with Gasteiger partial charge in [-0.3, -0.25) is 4.79 Å². The van der Waals surface area contributed by atoms with Gasteiger partial charge in [-0.2, -0.15) is 0 Å². The van der Waals surface area contributed by atoms with Crippen LogP contribution in [-0.2, 0) is 4.79 Å². The van der Waals surface area contributed by atoms with E-state index in [1.165, 1.54) is 11.3 Å². The van der Waals surface area contributed by atoms with Crippen LogP contribution in [0.15, 0.2) is 6.20 Å². The van der Waals surface area contributed by atoms with Gasteiger partial charge in [-0.25, -0.2) is 4.98 Å². The fraction of sp³-hybridized carbons (Fsp3) is 0.600. The Balaban J connectivity index is 2.55. The van der Waals surface area contributed by atoms with Crippen LogP contribution in [0.25, 0.3) is 0 Å². The van der Waals surface area contributed by atoms with E-state index < -0.39 is 6.04 Å². The molecule has 0 saturated carbocycles. The highest BCUT2D eigenvalue weighted by Gasteiger charge is 2.19. The van der Waals surface area contributed by atoms with Gasteiger partial charge in [0.2, 0.25) is 5.91 Å². The van der Waals surface area contributed by atoms with Gasteiger partial charge in [-0.05, 0) is 12.8 Å². The maximum Gasteiger partial charge on any atom is 0.243 e. The number of carbonyl (C=O) groups is 1. The van der Waals surface area contributed by atoms with Crippen molar-refractivity contribution in [2.75, 3.05) is 5.32 Å². The summed E-state index contributed by atoms with van der Waals surface area (Å²) in [6.07, 6.45) is 2.63. The molecule has 5 heteroatoms. The Labute approximate surface area is 93.9 Å². The maximum atomic E-state index is 11.7. The zero-order valence-corrected chi connectivity index (χ0v) is 10.1. The molecule has 0 saturated heterocycles. The average Bonchev–Trinajstić information content (AvgIpc) is 2.61. The molecule has 1 rings (SSSR count). The summed E-state index contributed by atoms with van der Waals surface area (Å²) < 4.78 is 0. The van der Waals surface area contributed by atoms with Crippen LogP contribution >= 0.6 is 11.3 Å². The number of anilines is 1. The molecule has 1 aromatic heterocycles. The first-order valence-electron chi connectivity index (χ1n) is 5.03. The third-order valence-corrected chi connectivity index (χ3v) is 3.24. The van der Waals surface area contributed by atoms with Gasteiger partial charge >= 0.3 is 0 Å². The van der Waals surface area contributed by atoms with E-state index in [1.54, 1.807) is 6.20 Å². The summed E-state index contributed by atoms with van der Waals surface area (Å²) in [6, 6.07) is -0.459. The van der Waals surface area contributed by atoms with Crippen molar-refractivity contribution in [2.24, 2.45) is 11.7 Å². The zero-order valence-electron chi connectivity index (χ0n) is 9.28. The molecule has 0 aliphatic carbocycles. The quantitative estimate of drug-likeness (QED) is 0.823. The molecule has 4 nitrogen and oxygen atoms in total. The maximum absolute atomic E-state index is 11.7. The third-order valence-electron chi connectivity index (χ3n) is 2.41. The molecule has 1 aromatic rings. The summed E-state index contributed by atoms with van der Waals surface area (Å²) >= 11 is 1.45. The first-order valence-corrected chi connectivity index (χ1v) is 5.85. The van der Waals surface area contributed by atoms with Gasteiger partial charge in [0, 0.05) is 11.1 Å². The van der Waals surface area contributed by atoms with E-state index in [-0.39, 0.29) is 11.8 Å². The van der Waals surface area contributed by atoms with Crippen molar-refractivity contribution < 1.29 is 4.79 Å². The molecule has 0 aliphatic heterocycles. The van der Waals surface area contributed by atoms with Crippen LogP contribution in [-0.4, -0.2) is 16.9 Å². The SMILES string of the molecule is CCC(C)[C@H](N)C(=O)Nc1ncc(C)s1. The smallest absolute Gasteiger partial charge is 0.243 e. The van der Waals surface area contributed by atoms with Crippen molar-refractivity contribution in [1.29, 1.82) is 0 Å². The van der Waals surface area contributed by atoms with Crippen LogP contribution in [0.4, 0.5) is 5.13 Å². The van der Waals surface area contributed by atoms with Crippen molar-refractivity contribution in [1.82, 2.24) is 4.98 Å². The summed E-state index contributed by atoms with van der Waals surface area (Å²) in [5.41, 5.74) is 5.79. The predicted octanol–water partition coefficient (Wildman–Crippen LogP) is 1.76. The summed E-state index contributed by atoms with van der Waals surface area (Å²) in [5, 5.41) is 3.34. The Morgan fingerprint density at radius 2 is 2.40 bits per heavy atom. The van der Waals surface area contributed by atoms with Gasteiger partial charge in [0.15, 0.2) is 5.13 Å². The number of thiazole rings is 1. The lowest BCUT2D eigenvalue weighted by atomic mass is 10.00. The van der Waals surface area contributed by atoms with Crippen LogP contribution in [0.5, 0.6) is 0 Å². The highest BCUT2D eigenvalue weighted by molar-refractivity contribution is 7.15. The second-order valence-electron chi connectivity index (χ2n) is 3.68. The average molecular weight is 227 g/mol. The van der Waals surface area contributed by atoms with E-state index in [9.17, 15) is 4.79 Å². The van der Waals surface area contributed by atoms with E-state index in [4.69, 9.17) is 5.73 Å². The Kier molecular flexibility index (Phi) is 4.23. The van der Waals surface area contributed by atoms with Crippen LogP contribution in [0.2, 0.25) is 0 Å². The second kappa shape index (κ2) is 5.23. The highest BCUT2D eigenvalue weighted by atomic mass is 32.1. The summed E-state index contributed by atoms with van der Waals surface area (Å²) in [4.78, 5) is 16.8. The van der Waals surface area contributed by atoms with Crippen LogP contribution in [0.1, 0.15) is 25.1 Å². The zero-order chi connectivity index (χ0) is 11.4. The van der Waals surface area contributed by atoms with Crippen molar-refractivity contribution in [3.63, 3.8) is 0 Å². The summed E-state index contributed by atoms with van der Waals surface area (Å²) in [5.74, 6) is 0.0322. The minimum atomic E-state index is -0.459. The molecule has 1 heterocycles. The molecule has 84 valence electrons. The van der Waals surface area contributed by atoms with Gasteiger partial charge in [0.05, 0.1) is 6.04 Å². The Hall–Kier alpha value is -0.940. The van der Waals surface area contributed by atoms with Crippen molar-refractivity contribution in [3.05, 3.63) is 11.1 Å². The van der Waals surface area contributed by atoms with Gasteiger partial charge in [0.25, 0.3) is 0 Å². The van der Waals surface area contributed by atoms with Gasteiger partial charge in [-0.1, -0.05) is 20.3 Å². The monoisotopic (exact) mass is 227 g/mol. The molecule has 0 fully saturated rings. The molecule has 0 spiro atoms. The molecule has 1 amide bonds. The Morgan fingerprint density at radius 3 is 2.87 bits per heavy atom. The minimum absolute atomic E-state index is 0.154. The molecule has 0 aromatic carbocycles. The molecule has 0 radical (unpaired) electrons. The molecule has 0 aliphatic rings. The standard InChI is InChI=1S/C10H17N3OS/c1-4-6(2)8(11)9(14)13-10-12-5-7(3)15-10/h5-6,8H,4,11H2,1-3H3,(H,12,13,14)/t6?,8-/m0/s1. The summed E-state index contributed by atoms with van der Waals surface area (Å²) in [6.45, 7) is 5.94. The van der Waals surface area contributed by atoms with Crippen molar-refractivity contribution >= 4 is 22.4 Å². The van der Waals surface area contributed by atoms with Crippen LogP contribution in [0, 0.1) is 12.8 Å². The van der Waals surface area contributed by atoms with E-state index >= 15 is 0 Å². The largest absolute Gasteiger partial charge is 0.320 e. The lowest BCUT2D eigenvalue weighted by Crippen LogP contribution is -2.40. The van der Waals surface area contributed by atoms with Gasteiger partial charge in [-0.15, -0.1) is 11.3 Å². The van der Waals surface area contributed by atoms with E-state index in [2.05, 4.69) is 10.3 Å². The molecular weight excluding hydrogens is 210 g/mol. The Morgan fingerprint density at radius 1 is 1.73 bits per heavy atom. The van der Waals surface area contributed by atoms with E-state index in [1.807, 2.05) is 20.8 Å².